The lowest BCUT2D eigenvalue weighted by Gasteiger charge is -2.39. The normalized spacial score (nSPS) is 32.9. The van der Waals surface area contributed by atoms with Crippen molar-refractivity contribution < 1.29 is 9.90 Å². The Morgan fingerprint density at radius 2 is 2.27 bits per heavy atom. The first-order valence-electron chi connectivity index (χ1n) is 5.87. The van der Waals surface area contributed by atoms with Crippen molar-refractivity contribution in [1.29, 1.82) is 0 Å². The molecule has 1 heterocycles. The van der Waals surface area contributed by atoms with Gasteiger partial charge in [-0.2, -0.15) is 0 Å². The minimum absolute atomic E-state index is 0.296. The smallest absolute Gasteiger partial charge is 0.303 e. The summed E-state index contributed by atoms with van der Waals surface area (Å²) < 4.78 is 0. The van der Waals surface area contributed by atoms with Gasteiger partial charge in [0.15, 0.2) is 0 Å². The van der Waals surface area contributed by atoms with Crippen molar-refractivity contribution in [2.75, 3.05) is 13.1 Å². The summed E-state index contributed by atoms with van der Waals surface area (Å²) in [4.78, 5) is 13.1. The van der Waals surface area contributed by atoms with Gasteiger partial charge in [-0.3, -0.25) is 9.69 Å². The highest BCUT2D eigenvalue weighted by atomic mass is 16.4. The number of rotatable bonds is 4. The molecule has 1 saturated carbocycles. The van der Waals surface area contributed by atoms with Gasteiger partial charge < -0.3 is 10.4 Å². The molecule has 1 aliphatic carbocycles. The predicted octanol–water partition coefficient (Wildman–Crippen LogP) is 0.676. The Labute approximate surface area is 90.6 Å². The lowest BCUT2D eigenvalue weighted by Crippen LogP contribution is -2.56. The maximum absolute atomic E-state index is 10.6. The topological polar surface area (TPSA) is 52.6 Å². The summed E-state index contributed by atoms with van der Waals surface area (Å²) in [5.74, 6) is -0.677. The molecule has 2 N–H and O–H groups in total. The standard InChI is InChI=1S/C11H20N2O2/c1-8-7-13(9-2-3-9)10(6-12-8)4-5-11(14)15/h8-10,12H,2-7H2,1H3,(H,14,15). The van der Waals surface area contributed by atoms with Crippen molar-refractivity contribution in [3.8, 4) is 0 Å². The summed E-state index contributed by atoms with van der Waals surface area (Å²) in [7, 11) is 0. The van der Waals surface area contributed by atoms with Crippen LogP contribution in [0, 0.1) is 0 Å². The minimum atomic E-state index is -0.677. The fourth-order valence-corrected chi connectivity index (χ4v) is 2.40. The van der Waals surface area contributed by atoms with E-state index in [-0.39, 0.29) is 0 Å². The van der Waals surface area contributed by atoms with Crippen LogP contribution in [-0.4, -0.2) is 47.2 Å². The highest BCUT2D eigenvalue weighted by Crippen LogP contribution is 2.31. The van der Waals surface area contributed by atoms with E-state index in [0.717, 1.165) is 25.6 Å². The third kappa shape index (κ3) is 2.92. The molecule has 1 saturated heterocycles. The second kappa shape index (κ2) is 4.49. The molecular formula is C11H20N2O2. The number of piperazine rings is 1. The van der Waals surface area contributed by atoms with Crippen LogP contribution in [0.15, 0.2) is 0 Å². The first-order chi connectivity index (χ1) is 7.16. The van der Waals surface area contributed by atoms with Gasteiger partial charge in [0.2, 0.25) is 0 Å². The number of hydrogen-bond acceptors (Lipinski definition) is 3. The van der Waals surface area contributed by atoms with E-state index < -0.39 is 5.97 Å². The van der Waals surface area contributed by atoms with Crippen molar-refractivity contribution in [2.45, 2.75) is 50.7 Å². The summed E-state index contributed by atoms with van der Waals surface area (Å²) in [6.45, 7) is 4.22. The number of nitrogens with one attached hydrogen (secondary N) is 1. The van der Waals surface area contributed by atoms with Gasteiger partial charge in [0.05, 0.1) is 0 Å². The summed E-state index contributed by atoms with van der Waals surface area (Å²) >= 11 is 0. The van der Waals surface area contributed by atoms with Crippen LogP contribution in [0.5, 0.6) is 0 Å². The number of nitrogens with zero attached hydrogens (tertiary/aromatic N) is 1. The summed E-state index contributed by atoms with van der Waals surface area (Å²) in [6.07, 6.45) is 3.68. The summed E-state index contributed by atoms with van der Waals surface area (Å²) in [5.41, 5.74) is 0. The predicted molar refractivity (Wildman–Crippen MR) is 57.9 cm³/mol. The van der Waals surface area contributed by atoms with Crippen LogP contribution in [0.2, 0.25) is 0 Å². The summed E-state index contributed by atoms with van der Waals surface area (Å²) in [6, 6.07) is 1.73. The van der Waals surface area contributed by atoms with Gasteiger partial charge in [-0.15, -0.1) is 0 Å². The maximum atomic E-state index is 10.6. The molecule has 2 rings (SSSR count). The quantitative estimate of drug-likeness (QED) is 0.719. The lowest BCUT2D eigenvalue weighted by molar-refractivity contribution is -0.137. The van der Waals surface area contributed by atoms with E-state index in [9.17, 15) is 4.79 Å². The van der Waals surface area contributed by atoms with Gasteiger partial charge in [-0.1, -0.05) is 0 Å². The number of aliphatic carboxylic acids is 1. The van der Waals surface area contributed by atoms with E-state index in [1.165, 1.54) is 12.8 Å². The van der Waals surface area contributed by atoms with Crippen LogP contribution in [0.3, 0.4) is 0 Å². The number of hydrogen-bond donors (Lipinski definition) is 2. The van der Waals surface area contributed by atoms with Crippen LogP contribution in [0.4, 0.5) is 0 Å². The number of carbonyl (C=O) groups is 1. The third-order valence-corrected chi connectivity index (χ3v) is 3.36. The highest BCUT2D eigenvalue weighted by molar-refractivity contribution is 5.66. The summed E-state index contributed by atoms with van der Waals surface area (Å²) in [5, 5.41) is 12.1. The van der Waals surface area contributed by atoms with Crippen LogP contribution < -0.4 is 5.32 Å². The van der Waals surface area contributed by atoms with Crippen molar-refractivity contribution in [2.24, 2.45) is 0 Å². The number of carboxylic acids is 1. The highest BCUT2D eigenvalue weighted by Gasteiger charge is 2.36. The van der Waals surface area contributed by atoms with Crippen LogP contribution >= 0.6 is 0 Å². The SMILES string of the molecule is CC1CN(C2CC2)C(CCC(=O)O)CN1. The molecule has 0 spiro atoms. The Morgan fingerprint density at radius 1 is 1.53 bits per heavy atom. The van der Waals surface area contributed by atoms with Crippen molar-refractivity contribution in [1.82, 2.24) is 10.2 Å². The molecule has 0 amide bonds. The van der Waals surface area contributed by atoms with E-state index in [1.54, 1.807) is 0 Å². The monoisotopic (exact) mass is 212 g/mol. The Bertz CT molecular complexity index is 241. The molecule has 0 radical (unpaired) electrons. The molecule has 4 nitrogen and oxygen atoms in total. The van der Waals surface area contributed by atoms with Crippen LogP contribution in [-0.2, 0) is 4.79 Å². The molecule has 2 unspecified atom stereocenters. The van der Waals surface area contributed by atoms with Gasteiger partial charge in [0, 0.05) is 37.6 Å². The van der Waals surface area contributed by atoms with Crippen LogP contribution in [0.25, 0.3) is 0 Å². The van der Waals surface area contributed by atoms with Crippen LogP contribution in [0.1, 0.15) is 32.6 Å². The molecule has 4 heteroatoms. The van der Waals surface area contributed by atoms with Gasteiger partial charge in [0.1, 0.15) is 0 Å². The molecule has 1 aliphatic heterocycles. The van der Waals surface area contributed by atoms with E-state index in [4.69, 9.17) is 5.11 Å². The van der Waals surface area contributed by atoms with Crippen molar-refractivity contribution in [3.63, 3.8) is 0 Å². The average Bonchev–Trinajstić information content (AvgIpc) is 2.98. The van der Waals surface area contributed by atoms with E-state index in [2.05, 4.69) is 17.1 Å². The first kappa shape index (κ1) is 10.9. The third-order valence-electron chi connectivity index (χ3n) is 3.36. The van der Waals surface area contributed by atoms with Gasteiger partial charge >= 0.3 is 5.97 Å². The molecular weight excluding hydrogens is 192 g/mol. The average molecular weight is 212 g/mol. The molecule has 2 atom stereocenters. The van der Waals surface area contributed by atoms with Crippen molar-refractivity contribution in [3.05, 3.63) is 0 Å². The molecule has 2 fully saturated rings. The fraction of sp³-hybridized carbons (Fsp3) is 0.909. The van der Waals surface area contributed by atoms with Crippen molar-refractivity contribution >= 4 is 5.97 Å². The van der Waals surface area contributed by atoms with Gasteiger partial charge in [0.25, 0.3) is 0 Å². The van der Waals surface area contributed by atoms with E-state index in [1.807, 2.05) is 0 Å². The molecule has 0 aromatic rings. The second-order valence-electron chi connectivity index (χ2n) is 4.82. The Hall–Kier alpha value is -0.610. The zero-order valence-electron chi connectivity index (χ0n) is 9.28. The van der Waals surface area contributed by atoms with E-state index in [0.29, 0.717) is 18.5 Å². The molecule has 15 heavy (non-hydrogen) atoms. The Kier molecular flexibility index (Phi) is 3.26. The second-order valence-corrected chi connectivity index (χ2v) is 4.82. The first-order valence-corrected chi connectivity index (χ1v) is 5.87. The van der Waals surface area contributed by atoms with Gasteiger partial charge in [-0.25, -0.2) is 0 Å². The molecule has 0 bridgehead atoms. The largest absolute Gasteiger partial charge is 0.481 e. The fourth-order valence-electron chi connectivity index (χ4n) is 2.40. The molecule has 2 aliphatic rings. The molecule has 86 valence electrons. The number of carboxylic acid groups (broad SMARTS) is 1. The molecule has 0 aromatic carbocycles. The van der Waals surface area contributed by atoms with E-state index >= 15 is 0 Å². The maximum Gasteiger partial charge on any atom is 0.303 e. The lowest BCUT2D eigenvalue weighted by atomic mass is 10.0. The molecule has 0 aromatic heterocycles. The zero-order valence-corrected chi connectivity index (χ0v) is 9.28. The van der Waals surface area contributed by atoms with Gasteiger partial charge in [-0.05, 0) is 26.2 Å². The Balaban J connectivity index is 1.86. The minimum Gasteiger partial charge on any atom is -0.481 e. The zero-order chi connectivity index (χ0) is 10.8. The Morgan fingerprint density at radius 3 is 2.87 bits per heavy atom.